The molecule has 1 amide bonds. The molecule has 2 rings (SSSR count). The van der Waals surface area contributed by atoms with Gasteiger partial charge in [0.25, 0.3) is 5.91 Å². The van der Waals surface area contributed by atoms with E-state index >= 15 is 0 Å². The molecule has 5 heteroatoms. The van der Waals surface area contributed by atoms with E-state index in [-0.39, 0.29) is 18.0 Å². The summed E-state index contributed by atoms with van der Waals surface area (Å²) in [7, 11) is 0. The normalized spacial score (nSPS) is 18.8. The number of benzene rings is 1. The fourth-order valence-corrected chi connectivity index (χ4v) is 3.23. The van der Waals surface area contributed by atoms with Crippen LogP contribution >= 0.6 is 12.6 Å². The number of hydrogen-bond acceptors (Lipinski definition) is 4. The quantitative estimate of drug-likeness (QED) is 0.594. The van der Waals surface area contributed by atoms with Gasteiger partial charge in [0.05, 0.1) is 0 Å². The van der Waals surface area contributed by atoms with E-state index in [4.69, 9.17) is 5.73 Å². The van der Waals surface area contributed by atoms with Crippen molar-refractivity contribution in [1.82, 2.24) is 10.2 Å². The van der Waals surface area contributed by atoms with Crippen molar-refractivity contribution < 1.29 is 4.79 Å². The summed E-state index contributed by atoms with van der Waals surface area (Å²) in [5.74, 6) is 0.0660. The molecule has 0 aliphatic carbocycles. The number of carbonyl (C=O) groups excluding carboxylic acids is 1. The highest BCUT2D eigenvalue weighted by Crippen LogP contribution is 2.25. The summed E-state index contributed by atoms with van der Waals surface area (Å²) < 4.78 is 0. The van der Waals surface area contributed by atoms with Gasteiger partial charge in [-0.25, -0.2) is 0 Å². The summed E-state index contributed by atoms with van der Waals surface area (Å²) >= 11 is 4.32. The van der Waals surface area contributed by atoms with Gasteiger partial charge >= 0.3 is 0 Å². The predicted octanol–water partition coefficient (Wildman–Crippen LogP) is 2.47. The molecule has 1 aliphatic heterocycles. The first-order chi connectivity index (χ1) is 9.91. The van der Waals surface area contributed by atoms with Crippen molar-refractivity contribution >= 4 is 24.2 Å². The van der Waals surface area contributed by atoms with E-state index in [0.29, 0.717) is 11.3 Å². The van der Waals surface area contributed by atoms with Crippen LogP contribution in [0.4, 0.5) is 5.69 Å². The highest BCUT2D eigenvalue weighted by molar-refractivity contribution is 7.80. The van der Waals surface area contributed by atoms with Gasteiger partial charge in [-0.1, -0.05) is 0 Å². The molecule has 21 heavy (non-hydrogen) atoms. The minimum absolute atomic E-state index is 0.0660. The maximum absolute atomic E-state index is 13.0. The first kappa shape index (κ1) is 16.2. The number of thiol groups is 1. The molecule has 0 aromatic heterocycles. The van der Waals surface area contributed by atoms with Crippen molar-refractivity contribution in [3.63, 3.8) is 0 Å². The van der Waals surface area contributed by atoms with Gasteiger partial charge in [-0.15, -0.1) is 12.6 Å². The Hall–Kier alpha value is -1.20. The summed E-state index contributed by atoms with van der Waals surface area (Å²) in [6, 6.07) is 4.04. The molecule has 1 saturated heterocycles. The van der Waals surface area contributed by atoms with E-state index in [1.54, 1.807) is 6.07 Å². The van der Waals surface area contributed by atoms with E-state index in [1.807, 2.05) is 17.9 Å². The highest BCUT2D eigenvalue weighted by Gasteiger charge is 2.29. The number of rotatable bonds is 3. The van der Waals surface area contributed by atoms with Gasteiger partial charge < -0.3 is 16.0 Å². The lowest BCUT2D eigenvalue weighted by molar-refractivity contribution is 0.0573. The smallest absolute Gasteiger partial charge is 0.254 e. The molecule has 116 valence electrons. The van der Waals surface area contributed by atoms with Crippen molar-refractivity contribution in [1.29, 1.82) is 0 Å². The number of nitrogens with zero attached hydrogens (tertiary/aromatic N) is 1. The zero-order valence-electron chi connectivity index (χ0n) is 13.0. The second kappa shape index (κ2) is 6.71. The van der Waals surface area contributed by atoms with Crippen LogP contribution in [0, 0.1) is 6.92 Å². The molecule has 0 spiro atoms. The van der Waals surface area contributed by atoms with Crippen molar-refractivity contribution in [2.45, 2.75) is 50.6 Å². The number of aryl methyl sites for hydroxylation is 1. The Kier molecular flexibility index (Phi) is 5.17. The SMILES string of the molecule is Cc1cc(S)c(N)cc1C(=O)N(C(C)C)[C@@H]1CCCNC1. The average Bonchev–Trinajstić information content (AvgIpc) is 2.43. The first-order valence-electron chi connectivity index (χ1n) is 7.54. The van der Waals surface area contributed by atoms with Crippen LogP contribution < -0.4 is 11.1 Å². The fourth-order valence-electron chi connectivity index (χ4n) is 2.97. The number of piperidine rings is 1. The van der Waals surface area contributed by atoms with Crippen LogP contribution in [0.3, 0.4) is 0 Å². The number of amides is 1. The summed E-state index contributed by atoms with van der Waals surface area (Å²) in [4.78, 5) is 15.7. The molecule has 1 heterocycles. The molecule has 3 N–H and O–H groups in total. The highest BCUT2D eigenvalue weighted by atomic mass is 32.1. The summed E-state index contributed by atoms with van der Waals surface area (Å²) in [5.41, 5.74) is 8.09. The van der Waals surface area contributed by atoms with Gasteiger partial charge in [-0.05, 0) is 57.9 Å². The van der Waals surface area contributed by atoms with Gasteiger partial charge in [0.15, 0.2) is 0 Å². The predicted molar refractivity (Wildman–Crippen MR) is 90.0 cm³/mol. The minimum atomic E-state index is 0.0660. The molecule has 0 bridgehead atoms. The van der Waals surface area contributed by atoms with E-state index in [2.05, 4.69) is 31.8 Å². The number of nitrogens with two attached hydrogens (primary N) is 1. The minimum Gasteiger partial charge on any atom is -0.398 e. The van der Waals surface area contributed by atoms with Gasteiger partial charge in [-0.2, -0.15) is 0 Å². The first-order valence-corrected chi connectivity index (χ1v) is 7.99. The third-order valence-corrected chi connectivity index (χ3v) is 4.45. The Morgan fingerprint density at radius 2 is 2.19 bits per heavy atom. The van der Waals surface area contributed by atoms with Crippen LogP contribution in [0.5, 0.6) is 0 Å². The Morgan fingerprint density at radius 1 is 1.48 bits per heavy atom. The molecule has 0 radical (unpaired) electrons. The van der Waals surface area contributed by atoms with Gasteiger partial charge in [0.1, 0.15) is 0 Å². The van der Waals surface area contributed by atoms with E-state index in [1.165, 1.54) is 0 Å². The molecule has 4 nitrogen and oxygen atoms in total. The summed E-state index contributed by atoms with van der Waals surface area (Å²) in [6.07, 6.45) is 2.16. The molecule has 1 aromatic carbocycles. The van der Waals surface area contributed by atoms with E-state index in [0.717, 1.165) is 36.4 Å². The molecule has 0 unspecified atom stereocenters. The molecule has 1 atom stereocenters. The largest absolute Gasteiger partial charge is 0.398 e. The molecular weight excluding hydrogens is 282 g/mol. The Bertz CT molecular complexity index is 524. The maximum Gasteiger partial charge on any atom is 0.254 e. The third-order valence-electron chi connectivity index (χ3n) is 4.06. The number of nitrogens with one attached hydrogen (secondary N) is 1. The van der Waals surface area contributed by atoms with Crippen molar-refractivity contribution in [3.05, 3.63) is 23.3 Å². The van der Waals surface area contributed by atoms with Crippen LogP contribution in [0.2, 0.25) is 0 Å². The molecule has 1 aliphatic rings. The zero-order valence-corrected chi connectivity index (χ0v) is 13.9. The average molecular weight is 307 g/mol. The van der Waals surface area contributed by atoms with Crippen molar-refractivity contribution in [3.8, 4) is 0 Å². The maximum atomic E-state index is 13.0. The van der Waals surface area contributed by atoms with Gasteiger partial charge in [0, 0.05) is 34.8 Å². The van der Waals surface area contributed by atoms with E-state index < -0.39 is 0 Å². The van der Waals surface area contributed by atoms with Crippen LogP contribution in [-0.4, -0.2) is 36.0 Å². The number of carbonyl (C=O) groups is 1. The molecule has 1 aromatic rings. The number of hydrogen-bond donors (Lipinski definition) is 3. The standard InChI is InChI=1S/C16H25N3OS/c1-10(2)19(12-5-4-6-18-9-12)16(20)13-8-14(17)15(21)7-11(13)3/h7-8,10,12,18,21H,4-6,9,17H2,1-3H3/t12-/m1/s1. The van der Waals surface area contributed by atoms with Crippen LogP contribution in [0.1, 0.15) is 42.6 Å². The molecule has 0 saturated carbocycles. The van der Waals surface area contributed by atoms with Crippen molar-refractivity contribution in [2.75, 3.05) is 18.8 Å². The lowest BCUT2D eigenvalue weighted by atomic mass is 10.0. The van der Waals surface area contributed by atoms with Gasteiger partial charge in [0.2, 0.25) is 0 Å². The second-order valence-electron chi connectivity index (χ2n) is 6.03. The van der Waals surface area contributed by atoms with Crippen LogP contribution in [0.25, 0.3) is 0 Å². The van der Waals surface area contributed by atoms with Crippen LogP contribution in [-0.2, 0) is 0 Å². The topological polar surface area (TPSA) is 58.4 Å². The summed E-state index contributed by atoms with van der Waals surface area (Å²) in [5, 5.41) is 3.38. The Labute approximate surface area is 132 Å². The number of nitrogen functional groups attached to an aromatic ring is 1. The lowest BCUT2D eigenvalue weighted by Gasteiger charge is -2.38. The van der Waals surface area contributed by atoms with Gasteiger partial charge in [-0.3, -0.25) is 4.79 Å². The Balaban J connectivity index is 2.32. The fraction of sp³-hybridized carbons (Fsp3) is 0.562. The molecule has 1 fully saturated rings. The zero-order chi connectivity index (χ0) is 15.6. The van der Waals surface area contributed by atoms with Crippen LogP contribution in [0.15, 0.2) is 17.0 Å². The van der Waals surface area contributed by atoms with Crippen molar-refractivity contribution in [2.24, 2.45) is 0 Å². The van der Waals surface area contributed by atoms with E-state index in [9.17, 15) is 4.79 Å². The third kappa shape index (κ3) is 3.52. The molecular formula is C16H25N3OS. The summed E-state index contributed by atoms with van der Waals surface area (Å²) in [6.45, 7) is 7.97. The Morgan fingerprint density at radius 3 is 2.76 bits per heavy atom. The monoisotopic (exact) mass is 307 g/mol. The number of anilines is 1. The second-order valence-corrected chi connectivity index (χ2v) is 6.51. The lowest BCUT2D eigenvalue weighted by Crippen LogP contribution is -2.51.